The maximum Gasteiger partial charge on any atom is 0.232 e. The molecule has 0 bridgehead atoms. The minimum absolute atomic E-state index is 0.191. The number of aliphatic hydroxyl groups is 1. The Morgan fingerprint density at radius 2 is 2.11 bits per heavy atom. The number of aromatic nitrogens is 3. The Labute approximate surface area is 112 Å². The highest BCUT2D eigenvalue weighted by Crippen LogP contribution is 2.13. The molecule has 1 saturated heterocycles. The van der Waals surface area contributed by atoms with Gasteiger partial charge in [-0.15, -0.1) is 0 Å². The third kappa shape index (κ3) is 4.18. The number of nitrogens with zero attached hydrogens (tertiary/aromatic N) is 4. The van der Waals surface area contributed by atoms with Crippen LogP contribution in [-0.4, -0.2) is 59.0 Å². The van der Waals surface area contributed by atoms with Gasteiger partial charge in [-0.1, -0.05) is 0 Å². The van der Waals surface area contributed by atoms with Gasteiger partial charge in [0.05, 0.1) is 19.3 Å². The van der Waals surface area contributed by atoms with Gasteiger partial charge in [0.1, 0.15) is 0 Å². The summed E-state index contributed by atoms with van der Waals surface area (Å²) in [5, 5.41) is 12.2. The molecule has 106 valence electrons. The van der Waals surface area contributed by atoms with E-state index in [0.29, 0.717) is 38.1 Å². The number of rotatable bonds is 5. The van der Waals surface area contributed by atoms with Gasteiger partial charge in [0.25, 0.3) is 0 Å². The topological polar surface area (TPSA) is 109 Å². The lowest BCUT2D eigenvalue weighted by atomic mass is 10.3. The molecule has 1 aliphatic heterocycles. The summed E-state index contributed by atoms with van der Waals surface area (Å²) < 4.78 is 5.29. The quantitative estimate of drug-likeness (QED) is 0.654. The molecule has 0 aromatic carbocycles. The minimum Gasteiger partial charge on any atom is -0.393 e. The van der Waals surface area contributed by atoms with Crippen molar-refractivity contribution in [3.63, 3.8) is 0 Å². The zero-order valence-corrected chi connectivity index (χ0v) is 11.0. The molecule has 1 unspecified atom stereocenters. The second kappa shape index (κ2) is 6.48. The lowest BCUT2D eigenvalue weighted by Crippen LogP contribution is -2.37. The summed E-state index contributed by atoms with van der Waals surface area (Å²) in [6.45, 7) is 5.15. The Hall–Kier alpha value is -1.67. The lowest BCUT2D eigenvalue weighted by Gasteiger charge is -2.26. The van der Waals surface area contributed by atoms with Crippen LogP contribution in [0.2, 0.25) is 0 Å². The number of nitrogen functional groups attached to an aromatic ring is 1. The standard InChI is InChI=1S/C11H20N6O2/c1-8(18)2-3-13-10-14-9(12)15-11(16-10)17-4-6-19-7-5-17/h8,18H,2-7H2,1H3,(H3,12,13,14,15,16). The van der Waals surface area contributed by atoms with Crippen LogP contribution in [0, 0.1) is 0 Å². The summed E-state index contributed by atoms with van der Waals surface area (Å²) in [4.78, 5) is 14.5. The second-order valence-electron chi connectivity index (χ2n) is 4.48. The highest BCUT2D eigenvalue weighted by Gasteiger charge is 2.15. The normalized spacial score (nSPS) is 17.3. The van der Waals surface area contributed by atoms with Crippen LogP contribution in [0.25, 0.3) is 0 Å². The van der Waals surface area contributed by atoms with Gasteiger partial charge < -0.3 is 25.8 Å². The van der Waals surface area contributed by atoms with Crippen molar-refractivity contribution in [3.8, 4) is 0 Å². The number of hydrogen-bond donors (Lipinski definition) is 3. The monoisotopic (exact) mass is 268 g/mol. The summed E-state index contributed by atoms with van der Waals surface area (Å²) in [6, 6.07) is 0. The molecule has 0 amide bonds. The average Bonchev–Trinajstić information content (AvgIpc) is 2.39. The van der Waals surface area contributed by atoms with Crippen LogP contribution in [0.5, 0.6) is 0 Å². The van der Waals surface area contributed by atoms with Crippen LogP contribution in [0.15, 0.2) is 0 Å². The first-order valence-electron chi connectivity index (χ1n) is 6.41. The number of nitrogens with two attached hydrogens (primary N) is 1. The van der Waals surface area contributed by atoms with E-state index in [-0.39, 0.29) is 12.1 Å². The minimum atomic E-state index is -0.356. The van der Waals surface area contributed by atoms with E-state index in [2.05, 4.69) is 20.3 Å². The molecule has 1 aromatic rings. The van der Waals surface area contributed by atoms with Crippen LogP contribution in [0.3, 0.4) is 0 Å². The second-order valence-corrected chi connectivity index (χ2v) is 4.48. The Kier molecular flexibility index (Phi) is 4.69. The number of hydrogen-bond acceptors (Lipinski definition) is 8. The van der Waals surface area contributed by atoms with E-state index in [0.717, 1.165) is 13.1 Å². The zero-order chi connectivity index (χ0) is 13.7. The molecule has 1 aromatic heterocycles. The van der Waals surface area contributed by atoms with Crippen molar-refractivity contribution in [1.82, 2.24) is 15.0 Å². The molecule has 2 heterocycles. The van der Waals surface area contributed by atoms with Gasteiger partial charge in [-0.3, -0.25) is 0 Å². The van der Waals surface area contributed by atoms with E-state index in [9.17, 15) is 5.11 Å². The van der Waals surface area contributed by atoms with Gasteiger partial charge in [-0.05, 0) is 13.3 Å². The van der Waals surface area contributed by atoms with Crippen LogP contribution in [-0.2, 0) is 4.74 Å². The molecule has 19 heavy (non-hydrogen) atoms. The molecular formula is C11H20N6O2. The molecule has 1 aliphatic rings. The summed E-state index contributed by atoms with van der Waals surface area (Å²) in [7, 11) is 0. The van der Waals surface area contributed by atoms with E-state index >= 15 is 0 Å². The fraction of sp³-hybridized carbons (Fsp3) is 0.727. The van der Waals surface area contributed by atoms with Gasteiger partial charge in [-0.2, -0.15) is 15.0 Å². The van der Waals surface area contributed by atoms with Crippen molar-refractivity contribution in [3.05, 3.63) is 0 Å². The molecule has 0 radical (unpaired) electrons. The van der Waals surface area contributed by atoms with E-state index in [1.54, 1.807) is 6.92 Å². The van der Waals surface area contributed by atoms with Crippen LogP contribution in [0.4, 0.5) is 17.8 Å². The Bertz CT molecular complexity index is 408. The van der Waals surface area contributed by atoms with Crippen molar-refractivity contribution >= 4 is 17.8 Å². The molecule has 4 N–H and O–H groups in total. The first-order valence-corrected chi connectivity index (χ1v) is 6.41. The molecule has 0 spiro atoms. The highest BCUT2D eigenvalue weighted by molar-refractivity contribution is 5.42. The van der Waals surface area contributed by atoms with Crippen molar-refractivity contribution in [2.45, 2.75) is 19.4 Å². The van der Waals surface area contributed by atoms with Crippen LogP contribution in [0.1, 0.15) is 13.3 Å². The molecule has 1 atom stereocenters. The average molecular weight is 268 g/mol. The summed E-state index contributed by atoms with van der Waals surface area (Å²) in [5.74, 6) is 1.20. The molecule has 1 fully saturated rings. The largest absolute Gasteiger partial charge is 0.393 e. The van der Waals surface area contributed by atoms with Gasteiger partial charge in [0, 0.05) is 19.6 Å². The zero-order valence-electron chi connectivity index (χ0n) is 11.0. The van der Waals surface area contributed by atoms with Crippen LogP contribution >= 0.6 is 0 Å². The molecule has 0 aliphatic carbocycles. The summed E-state index contributed by atoms with van der Waals surface area (Å²) >= 11 is 0. The van der Waals surface area contributed by atoms with Gasteiger partial charge in [-0.25, -0.2) is 0 Å². The number of aliphatic hydroxyl groups excluding tert-OH is 1. The van der Waals surface area contributed by atoms with Crippen molar-refractivity contribution in [2.24, 2.45) is 0 Å². The first kappa shape index (κ1) is 13.8. The fourth-order valence-corrected chi connectivity index (χ4v) is 1.76. The van der Waals surface area contributed by atoms with E-state index < -0.39 is 0 Å². The van der Waals surface area contributed by atoms with E-state index in [1.807, 2.05) is 4.90 Å². The van der Waals surface area contributed by atoms with E-state index in [1.165, 1.54) is 0 Å². The lowest BCUT2D eigenvalue weighted by molar-refractivity contribution is 0.122. The molecule has 8 heteroatoms. The number of nitrogens with one attached hydrogen (secondary N) is 1. The maximum absolute atomic E-state index is 9.20. The fourth-order valence-electron chi connectivity index (χ4n) is 1.76. The third-order valence-electron chi connectivity index (χ3n) is 2.78. The Balaban J connectivity index is 2.01. The predicted molar refractivity (Wildman–Crippen MR) is 72.1 cm³/mol. The molecule has 0 saturated carbocycles. The van der Waals surface area contributed by atoms with Crippen LogP contribution < -0.4 is 16.0 Å². The van der Waals surface area contributed by atoms with Crippen molar-refractivity contribution in [1.29, 1.82) is 0 Å². The summed E-state index contributed by atoms with van der Waals surface area (Å²) in [6.07, 6.45) is 0.267. The van der Waals surface area contributed by atoms with Crippen molar-refractivity contribution < 1.29 is 9.84 Å². The smallest absolute Gasteiger partial charge is 0.232 e. The maximum atomic E-state index is 9.20. The predicted octanol–water partition coefficient (Wildman–Crippen LogP) is -0.527. The van der Waals surface area contributed by atoms with Gasteiger partial charge >= 0.3 is 0 Å². The first-order chi connectivity index (χ1) is 9.15. The molecule has 2 rings (SSSR count). The Morgan fingerprint density at radius 1 is 1.37 bits per heavy atom. The Morgan fingerprint density at radius 3 is 2.79 bits per heavy atom. The number of anilines is 3. The number of ether oxygens (including phenoxy) is 1. The molecule has 8 nitrogen and oxygen atoms in total. The van der Waals surface area contributed by atoms with Gasteiger partial charge in [0.15, 0.2) is 0 Å². The van der Waals surface area contributed by atoms with Crippen molar-refractivity contribution in [2.75, 3.05) is 48.8 Å². The highest BCUT2D eigenvalue weighted by atomic mass is 16.5. The number of morpholine rings is 1. The summed E-state index contributed by atoms with van der Waals surface area (Å²) in [5.41, 5.74) is 5.69. The molecular weight excluding hydrogens is 248 g/mol. The van der Waals surface area contributed by atoms with Gasteiger partial charge in [0.2, 0.25) is 17.8 Å². The van der Waals surface area contributed by atoms with E-state index in [4.69, 9.17) is 10.5 Å². The SMILES string of the molecule is CC(O)CCNc1nc(N)nc(N2CCOCC2)n1. The third-order valence-corrected chi connectivity index (χ3v) is 2.78.